The van der Waals surface area contributed by atoms with Gasteiger partial charge in [-0.25, -0.2) is 0 Å². The molecule has 0 amide bonds. The van der Waals surface area contributed by atoms with Crippen LogP contribution in [0.4, 0.5) is 0 Å². The molecular weight excluding hydrogens is 126 g/mol. The summed E-state index contributed by atoms with van der Waals surface area (Å²) in [6.07, 6.45) is 2.28. The first-order chi connectivity index (χ1) is 4.97. The zero-order valence-corrected chi connectivity index (χ0v) is 5.72. The Bertz CT molecular complexity index is 187. The molecule has 10 heavy (non-hydrogen) atoms. The number of hydrogen-bond acceptors (Lipinski definition) is 2. The van der Waals surface area contributed by atoms with Crippen LogP contribution in [0.5, 0.6) is 0 Å². The van der Waals surface area contributed by atoms with Gasteiger partial charge in [0, 0.05) is 25.0 Å². The van der Waals surface area contributed by atoms with E-state index in [4.69, 9.17) is 0 Å². The highest BCUT2D eigenvalue weighted by molar-refractivity contribution is 5.09. The fourth-order valence-electron chi connectivity index (χ4n) is 1.25. The topological polar surface area (TPSA) is 39.9 Å². The van der Waals surface area contributed by atoms with Crippen molar-refractivity contribution in [2.45, 2.75) is 6.17 Å². The van der Waals surface area contributed by atoms with Crippen molar-refractivity contribution in [1.82, 2.24) is 15.6 Å². The second-order valence-corrected chi connectivity index (χ2v) is 2.47. The lowest BCUT2D eigenvalue weighted by Crippen LogP contribution is -2.21. The summed E-state index contributed by atoms with van der Waals surface area (Å²) >= 11 is 0. The van der Waals surface area contributed by atoms with Gasteiger partial charge in [0.15, 0.2) is 0 Å². The summed E-state index contributed by atoms with van der Waals surface area (Å²) in [5.74, 6) is 0. The van der Waals surface area contributed by atoms with E-state index in [-0.39, 0.29) is 0 Å². The normalized spacial score (nSPS) is 20.0. The molecule has 3 heteroatoms. The minimum absolute atomic E-state index is 0.343. The Morgan fingerprint density at radius 2 is 2.10 bits per heavy atom. The summed E-state index contributed by atoms with van der Waals surface area (Å²) in [5.41, 5.74) is 1.22. The number of hydrogen-bond donors (Lipinski definition) is 3. The molecule has 0 bridgehead atoms. The van der Waals surface area contributed by atoms with Gasteiger partial charge in [-0.15, -0.1) is 0 Å². The van der Waals surface area contributed by atoms with E-state index in [0.29, 0.717) is 6.17 Å². The quantitative estimate of drug-likeness (QED) is 0.517. The van der Waals surface area contributed by atoms with Crippen LogP contribution in [-0.2, 0) is 0 Å². The van der Waals surface area contributed by atoms with Crippen molar-refractivity contribution in [2.24, 2.45) is 0 Å². The smallest absolute Gasteiger partial charge is 0.0988 e. The van der Waals surface area contributed by atoms with Crippen LogP contribution in [0.25, 0.3) is 0 Å². The Morgan fingerprint density at radius 3 is 2.70 bits per heavy atom. The maximum Gasteiger partial charge on any atom is 0.0988 e. The van der Waals surface area contributed by atoms with Gasteiger partial charge in [0.05, 0.1) is 6.17 Å². The Labute approximate surface area is 59.8 Å². The highest BCUT2D eigenvalue weighted by Crippen LogP contribution is 2.08. The molecule has 1 saturated heterocycles. The van der Waals surface area contributed by atoms with E-state index >= 15 is 0 Å². The maximum atomic E-state index is 3.32. The summed E-state index contributed by atoms with van der Waals surface area (Å²) < 4.78 is 0. The van der Waals surface area contributed by atoms with Crippen molar-refractivity contribution in [3.8, 4) is 0 Å². The minimum atomic E-state index is 0.343. The average molecular weight is 137 g/mol. The number of aromatic nitrogens is 1. The van der Waals surface area contributed by atoms with Crippen molar-refractivity contribution in [3.05, 3.63) is 24.0 Å². The molecule has 0 radical (unpaired) electrons. The highest BCUT2D eigenvalue weighted by atomic mass is 15.2. The van der Waals surface area contributed by atoms with Crippen LogP contribution in [0, 0.1) is 0 Å². The molecule has 0 unspecified atom stereocenters. The summed E-state index contributed by atoms with van der Waals surface area (Å²) in [5, 5.41) is 6.63. The Morgan fingerprint density at radius 1 is 1.30 bits per heavy atom. The molecule has 1 fully saturated rings. The largest absolute Gasteiger partial charge is 0.363 e. The molecule has 1 aromatic heterocycles. The van der Waals surface area contributed by atoms with Crippen molar-refractivity contribution in [3.63, 3.8) is 0 Å². The third-order valence-electron chi connectivity index (χ3n) is 1.75. The zero-order valence-electron chi connectivity index (χ0n) is 5.72. The molecule has 3 N–H and O–H groups in total. The SMILES string of the molecule is c1c[nH]c(C2NCCN2)c1. The molecule has 2 rings (SSSR count). The molecule has 1 aliphatic rings. The van der Waals surface area contributed by atoms with Crippen LogP contribution < -0.4 is 10.6 Å². The third kappa shape index (κ3) is 0.936. The molecule has 0 atom stereocenters. The first kappa shape index (κ1) is 5.95. The average Bonchev–Trinajstić information content (AvgIpc) is 2.59. The first-order valence-electron chi connectivity index (χ1n) is 3.57. The van der Waals surface area contributed by atoms with Gasteiger partial charge in [0.25, 0.3) is 0 Å². The van der Waals surface area contributed by atoms with E-state index in [1.165, 1.54) is 5.69 Å². The Balaban J connectivity index is 2.12. The van der Waals surface area contributed by atoms with Gasteiger partial charge in [-0.2, -0.15) is 0 Å². The number of H-pyrrole nitrogens is 1. The predicted molar refractivity (Wildman–Crippen MR) is 39.5 cm³/mol. The molecule has 0 aliphatic carbocycles. The Hall–Kier alpha value is -0.800. The number of rotatable bonds is 1. The van der Waals surface area contributed by atoms with Gasteiger partial charge in [0.2, 0.25) is 0 Å². The van der Waals surface area contributed by atoms with Gasteiger partial charge in [-0.05, 0) is 12.1 Å². The molecule has 1 aliphatic heterocycles. The first-order valence-corrected chi connectivity index (χ1v) is 3.57. The summed E-state index contributed by atoms with van der Waals surface area (Å²) in [4.78, 5) is 3.15. The molecule has 2 heterocycles. The third-order valence-corrected chi connectivity index (χ3v) is 1.75. The summed E-state index contributed by atoms with van der Waals surface area (Å²) in [6, 6.07) is 4.09. The fraction of sp³-hybridized carbons (Fsp3) is 0.429. The van der Waals surface area contributed by atoms with E-state index in [1.54, 1.807) is 0 Å². The van der Waals surface area contributed by atoms with Crippen LogP contribution in [0.15, 0.2) is 18.3 Å². The lowest BCUT2D eigenvalue weighted by Gasteiger charge is -2.06. The second-order valence-electron chi connectivity index (χ2n) is 2.47. The van der Waals surface area contributed by atoms with E-state index < -0.39 is 0 Å². The zero-order chi connectivity index (χ0) is 6.81. The summed E-state index contributed by atoms with van der Waals surface area (Å²) in [6.45, 7) is 2.12. The van der Waals surface area contributed by atoms with Crippen LogP contribution >= 0.6 is 0 Å². The van der Waals surface area contributed by atoms with Gasteiger partial charge in [0.1, 0.15) is 0 Å². The van der Waals surface area contributed by atoms with E-state index in [1.807, 2.05) is 12.3 Å². The van der Waals surface area contributed by atoms with Crippen molar-refractivity contribution in [2.75, 3.05) is 13.1 Å². The van der Waals surface area contributed by atoms with Gasteiger partial charge in [-0.3, -0.25) is 10.6 Å². The van der Waals surface area contributed by atoms with Crippen LogP contribution in [0.1, 0.15) is 11.9 Å². The minimum Gasteiger partial charge on any atom is -0.363 e. The highest BCUT2D eigenvalue weighted by Gasteiger charge is 2.14. The number of nitrogens with one attached hydrogen (secondary N) is 3. The van der Waals surface area contributed by atoms with Crippen LogP contribution in [-0.4, -0.2) is 18.1 Å². The predicted octanol–water partition coefficient (Wildman–Crippen LogP) is 0.206. The molecular formula is C7H11N3. The standard InChI is InChI=1S/C7H11N3/c1-2-6(8-3-1)7-9-4-5-10-7/h1-3,7-10H,4-5H2. The van der Waals surface area contributed by atoms with Crippen LogP contribution in [0.3, 0.4) is 0 Å². The molecule has 0 spiro atoms. The maximum absolute atomic E-state index is 3.32. The van der Waals surface area contributed by atoms with E-state index in [0.717, 1.165) is 13.1 Å². The van der Waals surface area contributed by atoms with E-state index in [2.05, 4.69) is 21.7 Å². The fourth-order valence-corrected chi connectivity index (χ4v) is 1.25. The van der Waals surface area contributed by atoms with E-state index in [9.17, 15) is 0 Å². The number of aromatic amines is 1. The van der Waals surface area contributed by atoms with Gasteiger partial charge >= 0.3 is 0 Å². The van der Waals surface area contributed by atoms with Gasteiger partial charge < -0.3 is 4.98 Å². The van der Waals surface area contributed by atoms with Crippen LogP contribution in [0.2, 0.25) is 0 Å². The monoisotopic (exact) mass is 137 g/mol. The summed E-state index contributed by atoms with van der Waals surface area (Å²) in [7, 11) is 0. The lowest BCUT2D eigenvalue weighted by atomic mass is 10.3. The van der Waals surface area contributed by atoms with Crippen molar-refractivity contribution in [1.29, 1.82) is 0 Å². The molecule has 3 nitrogen and oxygen atoms in total. The second kappa shape index (κ2) is 2.44. The Kier molecular flexibility index (Phi) is 1.45. The van der Waals surface area contributed by atoms with Crippen molar-refractivity contribution < 1.29 is 0 Å². The molecule has 0 aromatic carbocycles. The lowest BCUT2D eigenvalue weighted by molar-refractivity contribution is 0.574. The molecule has 1 aromatic rings. The van der Waals surface area contributed by atoms with Gasteiger partial charge in [-0.1, -0.05) is 0 Å². The molecule has 0 saturated carbocycles. The van der Waals surface area contributed by atoms with Crippen molar-refractivity contribution >= 4 is 0 Å². The molecule has 54 valence electrons.